The summed E-state index contributed by atoms with van der Waals surface area (Å²) in [5, 5.41) is 6.24. The van der Waals surface area contributed by atoms with Crippen LogP contribution in [0, 0.1) is 0 Å². The van der Waals surface area contributed by atoms with E-state index in [0.29, 0.717) is 31.7 Å². The van der Waals surface area contributed by atoms with Gasteiger partial charge >= 0.3 is 5.97 Å². The van der Waals surface area contributed by atoms with Crippen LogP contribution in [0.15, 0.2) is 35.3 Å². The Balaban J connectivity index is 1.66. The molecule has 0 saturated carbocycles. The van der Waals surface area contributed by atoms with Crippen molar-refractivity contribution >= 4 is 23.2 Å². The topological polar surface area (TPSA) is 90.2 Å². The number of esters is 1. The number of fused-ring (bicyclic) bond motifs is 1. The van der Waals surface area contributed by atoms with Gasteiger partial charge in [-0.05, 0) is 19.1 Å². The molecule has 0 saturated heterocycles. The van der Waals surface area contributed by atoms with Gasteiger partial charge in [0.05, 0.1) is 30.9 Å². The third-order valence-corrected chi connectivity index (χ3v) is 5.17. The van der Waals surface area contributed by atoms with Gasteiger partial charge in [0.2, 0.25) is 0 Å². The van der Waals surface area contributed by atoms with E-state index >= 15 is 0 Å². The molecule has 3 aromatic rings. The number of hydrogen-bond acceptors (Lipinski definition) is 7. The fourth-order valence-corrected chi connectivity index (χ4v) is 3.81. The maximum absolute atomic E-state index is 12.7. The fourth-order valence-electron chi connectivity index (χ4n) is 3.28. The van der Waals surface area contributed by atoms with Gasteiger partial charge in [-0.25, -0.2) is 9.78 Å². The number of nitrogens with zero attached hydrogens (tertiary/aromatic N) is 5. The lowest BCUT2D eigenvalue weighted by atomic mass is 10.0. The molecule has 0 fully saturated rings. The van der Waals surface area contributed by atoms with E-state index in [1.54, 1.807) is 33.6 Å². The minimum atomic E-state index is -0.471. The maximum atomic E-state index is 12.7. The number of carbonyl (C=O) groups is 2. The van der Waals surface area contributed by atoms with E-state index in [0.717, 1.165) is 17.0 Å². The lowest BCUT2D eigenvalue weighted by Crippen LogP contribution is -2.37. The summed E-state index contributed by atoms with van der Waals surface area (Å²) in [6.45, 7) is 3.33. The Morgan fingerprint density at radius 1 is 1.29 bits per heavy atom. The van der Waals surface area contributed by atoms with Crippen LogP contribution in [0.4, 0.5) is 0 Å². The number of amides is 1. The smallest absolute Gasteiger partial charge is 0.359 e. The van der Waals surface area contributed by atoms with Crippen LogP contribution >= 0.6 is 11.3 Å². The van der Waals surface area contributed by atoms with Gasteiger partial charge in [0.1, 0.15) is 5.69 Å². The quantitative estimate of drug-likeness (QED) is 0.613. The fraction of sp³-hybridized carbons (Fsp3) is 0.316. The number of carbonyl (C=O) groups excluding carboxylic acids is 2. The Labute approximate surface area is 165 Å². The summed E-state index contributed by atoms with van der Waals surface area (Å²) in [4.78, 5) is 35.3. The van der Waals surface area contributed by atoms with E-state index in [4.69, 9.17) is 4.74 Å². The van der Waals surface area contributed by atoms with Crippen molar-refractivity contribution in [3.05, 3.63) is 63.6 Å². The molecule has 9 heteroatoms. The van der Waals surface area contributed by atoms with Gasteiger partial charge in [0, 0.05) is 35.8 Å². The number of ether oxygens (including phenoxy) is 1. The first-order chi connectivity index (χ1) is 13.7. The first-order valence-electron chi connectivity index (χ1n) is 9.00. The summed E-state index contributed by atoms with van der Waals surface area (Å²) in [7, 11) is 0. The van der Waals surface area contributed by atoms with Gasteiger partial charge in [0.15, 0.2) is 5.69 Å². The molecule has 0 N–H and O–H groups in total. The molecule has 3 aromatic heterocycles. The zero-order valence-corrected chi connectivity index (χ0v) is 16.2. The van der Waals surface area contributed by atoms with Crippen LogP contribution in [-0.2, 0) is 24.2 Å². The third kappa shape index (κ3) is 3.53. The van der Waals surface area contributed by atoms with E-state index in [1.807, 2.05) is 18.2 Å². The first-order valence-corrected chi connectivity index (χ1v) is 9.94. The Bertz CT molecular complexity index is 985. The number of thiazole rings is 1. The highest BCUT2D eigenvalue weighted by Gasteiger charge is 2.31. The van der Waals surface area contributed by atoms with Crippen molar-refractivity contribution < 1.29 is 14.3 Å². The van der Waals surface area contributed by atoms with Crippen LogP contribution in [0.3, 0.4) is 0 Å². The lowest BCUT2D eigenvalue weighted by molar-refractivity contribution is 0.0513. The molecular weight excluding hydrogens is 378 g/mol. The van der Waals surface area contributed by atoms with Crippen molar-refractivity contribution in [2.45, 2.75) is 26.4 Å². The van der Waals surface area contributed by atoms with Crippen LogP contribution in [0.5, 0.6) is 0 Å². The van der Waals surface area contributed by atoms with Gasteiger partial charge in [-0.15, -0.1) is 11.3 Å². The molecule has 0 aliphatic carbocycles. The minimum absolute atomic E-state index is 0.140. The van der Waals surface area contributed by atoms with E-state index < -0.39 is 5.97 Å². The van der Waals surface area contributed by atoms with E-state index in [-0.39, 0.29) is 18.2 Å². The van der Waals surface area contributed by atoms with Gasteiger partial charge in [-0.1, -0.05) is 6.07 Å². The highest BCUT2D eigenvalue weighted by molar-refractivity contribution is 7.07. The monoisotopic (exact) mass is 397 g/mol. The van der Waals surface area contributed by atoms with Gasteiger partial charge < -0.3 is 9.64 Å². The largest absolute Gasteiger partial charge is 0.461 e. The number of hydrogen-bond donors (Lipinski definition) is 0. The Morgan fingerprint density at radius 3 is 2.89 bits per heavy atom. The molecule has 0 bridgehead atoms. The summed E-state index contributed by atoms with van der Waals surface area (Å²) in [6, 6.07) is 5.69. The van der Waals surface area contributed by atoms with Crippen molar-refractivity contribution in [3.8, 4) is 0 Å². The van der Waals surface area contributed by atoms with Gasteiger partial charge in [-0.3, -0.25) is 14.5 Å². The van der Waals surface area contributed by atoms with Crippen LogP contribution in [0.1, 0.15) is 44.9 Å². The number of aromatic nitrogens is 4. The standard InChI is InChI=1S/C19H19N5O3S/c1-2-27-19(26)17-14-10-23(18(25)15-11-28-12-21-15)8-6-16(14)24(22-17)9-13-5-3-4-7-20-13/h3-5,7,11-12H,2,6,8-10H2,1H3. The molecule has 0 atom stereocenters. The second-order valence-electron chi connectivity index (χ2n) is 6.32. The Hall–Kier alpha value is -3.07. The maximum Gasteiger partial charge on any atom is 0.359 e. The molecule has 1 amide bonds. The number of rotatable bonds is 5. The predicted octanol–water partition coefficient (Wildman–Crippen LogP) is 2.16. The Kier molecular flexibility index (Phi) is 5.16. The molecule has 1 aliphatic rings. The SMILES string of the molecule is CCOC(=O)c1nn(Cc2ccccn2)c2c1CN(C(=O)c1cscn1)CC2. The molecule has 8 nitrogen and oxygen atoms in total. The zero-order valence-electron chi connectivity index (χ0n) is 15.4. The van der Waals surface area contributed by atoms with Crippen LogP contribution < -0.4 is 0 Å². The van der Waals surface area contributed by atoms with Crippen LogP contribution in [0.25, 0.3) is 0 Å². The summed E-state index contributed by atoms with van der Waals surface area (Å²) in [6.07, 6.45) is 2.33. The van der Waals surface area contributed by atoms with E-state index in [2.05, 4.69) is 15.1 Å². The Morgan fingerprint density at radius 2 is 2.18 bits per heavy atom. The van der Waals surface area contributed by atoms with Crippen molar-refractivity contribution in [1.29, 1.82) is 0 Å². The third-order valence-electron chi connectivity index (χ3n) is 4.58. The average Bonchev–Trinajstić information content (AvgIpc) is 3.37. The first kappa shape index (κ1) is 18.3. The van der Waals surface area contributed by atoms with E-state index in [1.165, 1.54) is 11.3 Å². The molecular formula is C19H19N5O3S. The summed E-state index contributed by atoms with van der Waals surface area (Å²) in [5.74, 6) is -0.610. The molecule has 0 unspecified atom stereocenters. The van der Waals surface area contributed by atoms with Crippen LogP contribution in [0.2, 0.25) is 0 Å². The summed E-state index contributed by atoms with van der Waals surface area (Å²) < 4.78 is 6.98. The molecule has 28 heavy (non-hydrogen) atoms. The van der Waals surface area contributed by atoms with Crippen molar-refractivity contribution in [3.63, 3.8) is 0 Å². The molecule has 144 valence electrons. The van der Waals surface area contributed by atoms with Crippen LogP contribution in [-0.4, -0.2) is 49.7 Å². The summed E-state index contributed by atoms with van der Waals surface area (Å²) >= 11 is 1.38. The molecule has 4 rings (SSSR count). The van der Waals surface area contributed by atoms with Gasteiger partial charge in [0.25, 0.3) is 5.91 Å². The summed E-state index contributed by atoms with van der Waals surface area (Å²) in [5.41, 5.74) is 4.86. The second kappa shape index (κ2) is 7.89. The van der Waals surface area contributed by atoms with E-state index in [9.17, 15) is 9.59 Å². The normalized spacial score (nSPS) is 13.2. The van der Waals surface area contributed by atoms with Crippen molar-refractivity contribution in [1.82, 2.24) is 24.6 Å². The number of pyridine rings is 1. The lowest BCUT2D eigenvalue weighted by Gasteiger charge is -2.27. The highest BCUT2D eigenvalue weighted by Crippen LogP contribution is 2.25. The molecule has 4 heterocycles. The minimum Gasteiger partial charge on any atom is -0.461 e. The molecule has 1 aliphatic heterocycles. The average molecular weight is 397 g/mol. The molecule has 0 aromatic carbocycles. The van der Waals surface area contributed by atoms with Crippen molar-refractivity contribution in [2.75, 3.05) is 13.2 Å². The molecule has 0 radical (unpaired) electrons. The van der Waals surface area contributed by atoms with Crippen molar-refractivity contribution in [2.24, 2.45) is 0 Å². The van der Waals surface area contributed by atoms with Gasteiger partial charge in [-0.2, -0.15) is 5.10 Å². The predicted molar refractivity (Wildman–Crippen MR) is 102 cm³/mol. The second-order valence-corrected chi connectivity index (χ2v) is 7.04. The molecule has 0 spiro atoms. The zero-order chi connectivity index (χ0) is 19.5. The highest BCUT2D eigenvalue weighted by atomic mass is 32.1.